The highest BCUT2D eigenvalue weighted by Crippen LogP contribution is 2.21. The van der Waals surface area contributed by atoms with E-state index in [-0.39, 0.29) is 12.5 Å². The predicted molar refractivity (Wildman–Crippen MR) is 92.6 cm³/mol. The number of nitrogens with one attached hydrogen (secondary N) is 2. The quantitative estimate of drug-likeness (QED) is 0.785. The lowest BCUT2D eigenvalue weighted by Crippen LogP contribution is -2.44. The molecule has 2 rings (SSSR count). The van der Waals surface area contributed by atoms with Crippen LogP contribution in [-0.2, 0) is 4.79 Å². The Morgan fingerprint density at radius 3 is 2.92 bits per heavy atom. The van der Waals surface area contributed by atoms with Crippen molar-refractivity contribution in [3.05, 3.63) is 23.7 Å². The maximum Gasteiger partial charge on any atom is 0.341 e. The van der Waals surface area contributed by atoms with Gasteiger partial charge in [0, 0.05) is 5.69 Å². The minimum atomic E-state index is -0.814. The summed E-state index contributed by atoms with van der Waals surface area (Å²) in [6.45, 7) is 3.78. The number of thiazole rings is 1. The van der Waals surface area contributed by atoms with Gasteiger partial charge in [0.15, 0.2) is 0 Å². The van der Waals surface area contributed by atoms with Crippen LogP contribution in [0, 0.1) is 17.2 Å². The van der Waals surface area contributed by atoms with E-state index in [0.29, 0.717) is 12.1 Å². The molecule has 0 saturated carbocycles. The molecule has 0 aliphatic heterocycles. The molecule has 1 heterocycles. The fourth-order valence-corrected chi connectivity index (χ4v) is 2.86. The molecule has 3 amide bonds. The van der Waals surface area contributed by atoms with E-state index in [1.165, 1.54) is 11.3 Å². The first kappa shape index (κ1) is 17.7. The van der Waals surface area contributed by atoms with Gasteiger partial charge in [-0.3, -0.25) is 4.79 Å². The van der Waals surface area contributed by atoms with Gasteiger partial charge in [-0.2, -0.15) is 5.26 Å². The van der Waals surface area contributed by atoms with Gasteiger partial charge in [0.25, 0.3) is 0 Å². The van der Waals surface area contributed by atoms with Crippen LogP contribution >= 0.6 is 11.3 Å². The highest BCUT2D eigenvalue weighted by atomic mass is 32.1. The first-order valence-corrected chi connectivity index (χ1v) is 8.37. The van der Waals surface area contributed by atoms with Gasteiger partial charge in [-0.15, -0.1) is 11.3 Å². The molecule has 2 aromatic rings. The van der Waals surface area contributed by atoms with E-state index in [0.717, 1.165) is 10.2 Å². The fraction of sp³-hybridized carbons (Fsp3) is 0.375. The van der Waals surface area contributed by atoms with Crippen molar-refractivity contribution in [3.63, 3.8) is 0 Å². The number of amides is 3. The molecule has 0 aliphatic carbocycles. The summed E-state index contributed by atoms with van der Waals surface area (Å²) >= 11 is 1.48. The van der Waals surface area contributed by atoms with Crippen LogP contribution in [0.2, 0.25) is 0 Å². The number of carbonyl (C=O) groups excluding carboxylic acids is 2. The Morgan fingerprint density at radius 1 is 1.42 bits per heavy atom. The molecule has 8 heteroatoms. The molecule has 1 radical (unpaired) electrons. The Kier molecular flexibility index (Phi) is 6.09. The minimum absolute atomic E-state index is 0.105. The van der Waals surface area contributed by atoms with Crippen molar-refractivity contribution in [1.82, 2.24) is 15.6 Å². The molecule has 125 valence electrons. The van der Waals surface area contributed by atoms with Gasteiger partial charge in [0.2, 0.25) is 5.91 Å². The molecule has 1 atom stereocenters. The number of hydrogen-bond acceptors (Lipinski definition) is 5. The zero-order valence-electron chi connectivity index (χ0n) is 13.4. The van der Waals surface area contributed by atoms with E-state index >= 15 is 0 Å². The Labute approximate surface area is 144 Å². The summed E-state index contributed by atoms with van der Waals surface area (Å²) in [5.74, 6) is -0.230. The maximum absolute atomic E-state index is 12.1. The van der Waals surface area contributed by atoms with Crippen molar-refractivity contribution < 1.29 is 9.59 Å². The smallest absolute Gasteiger partial charge is 0.341 e. The van der Waals surface area contributed by atoms with Crippen LogP contribution in [0.3, 0.4) is 0 Å². The molecule has 0 saturated heterocycles. The number of urea groups is 1. The highest BCUT2D eigenvalue weighted by Gasteiger charge is 2.23. The molecule has 2 N–H and O–H groups in total. The normalized spacial score (nSPS) is 11.8. The lowest BCUT2D eigenvalue weighted by Gasteiger charge is -2.17. The Morgan fingerprint density at radius 2 is 2.21 bits per heavy atom. The summed E-state index contributed by atoms with van der Waals surface area (Å²) in [7, 11) is 0. The largest absolute Gasteiger partial charge is 0.341 e. The van der Waals surface area contributed by atoms with Gasteiger partial charge in [0.05, 0.1) is 21.8 Å². The van der Waals surface area contributed by atoms with Gasteiger partial charge in [-0.25, -0.2) is 15.1 Å². The number of fused-ring (bicyclic) bond motifs is 1. The van der Waals surface area contributed by atoms with Gasteiger partial charge in [0.1, 0.15) is 12.6 Å². The summed E-state index contributed by atoms with van der Waals surface area (Å²) in [5.41, 5.74) is 3.20. The third-order valence-electron chi connectivity index (χ3n) is 3.19. The Bertz CT molecular complexity index is 765. The van der Waals surface area contributed by atoms with Gasteiger partial charge < -0.3 is 10.6 Å². The van der Waals surface area contributed by atoms with Crippen LogP contribution in [0.25, 0.3) is 10.2 Å². The molecular weight excluding hydrogens is 326 g/mol. The van der Waals surface area contributed by atoms with E-state index < -0.39 is 18.0 Å². The van der Waals surface area contributed by atoms with Crippen molar-refractivity contribution in [3.8, 4) is 6.07 Å². The number of nitriles is 1. The molecule has 1 aromatic carbocycles. The summed E-state index contributed by atoms with van der Waals surface area (Å²) < 4.78 is 0.957. The van der Waals surface area contributed by atoms with Crippen LogP contribution < -0.4 is 16.0 Å². The van der Waals surface area contributed by atoms with Crippen LogP contribution in [0.1, 0.15) is 20.3 Å². The van der Waals surface area contributed by atoms with Gasteiger partial charge in [-0.05, 0) is 30.5 Å². The van der Waals surface area contributed by atoms with Crippen molar-refractivity contribution in [2.75, 3.05) is 11.9 Å². The maximum atomic E-state index is 12.1. The average molecular weight is 344 g/mol. The van der Waals surface area contributed by atoms with E-state index in [9.17, 15) is 9.59 Å². The second kappa shape index (κ2) is 8.26. The molecule has 7 nitrogen and oxygen atoms in total. The van der Waals surface area contributed by atoms with Crippen LogP contribution in [0.4, 0.5) is 10.5 Å². The van der Waals surface area contributed by atoms with Crippen molar-refractivity contribution in [1.29, 1.82) is 5.26 Å². The fourth-order valence-electron chi connectivity index (χ4n) is 2.14. The number of nitrogens with zero attached hydrogens (tertiary/aromatic N) is 3. The zero-order chi connectivity index (χ0) is 17.5. The Hall–Kier alpha value is -2.66. The predicted octanol–water partition coefficient (Wildman–Crippen LogP) is 2.49. The number of anilines is 1. The monoisotopic (exact) mass is 344 g/mol. The average Bonchev–Trinajstić information content (AvgIpc) is 2.99. The number of rotatable bonds is 6. The number of carbonyl (C=O) groups is 2. The summed E-state index contributed by atoms with van der Waals surface area (Å²) in [5, 5.41) is 17.6. The van der Waals surface area contributed by atoms with Crippen molar-refractivity contribution in [2.45, 2.75) is 26.3 Å². The minimum Gasteiger partial charge on any atom is -0.341 e. The van der Waals surface area contributed by atoms with E-state index in [1.54, 1.807) is 11.6 Å². The first-order valence-electron chi connectivity index (χ1n) is 7.49. The zero-order valence-corrected chi connectivity index (χ0v) is 14.3. The van der Waals surface area contributed by atoms with Gasteiger partial charge in [-0.1, -0.05) is 13.8 Å². The van der Waals surface area contributed by atoms with Gasteiger partial charge >= 0.3 is 6.03 Å². The second-order valence-electron chi connectivity index (χ2n) is 5.62. The molecule has 0 bridgehead atoms. The number of hydrogen-bond donors (Lipinski definition) is 2. The van der Waals surface area contributed by atoms with Crippen molar-refractivity contribution >= 4 is 39.2 Å². The molecule has 1 unspecified atom stereocenters. The summed E-state index contributed by atoms with van der Waals surface area (Å²) in [6, 6.07) is 5.80. The third kappa shape index (κ3) is 4.93. The SMILES string of the molecule is CC(C)CC([N]C(=O)Nc1ccc2ncsc2c1)C(=O)NCC#N. The molecular formula is C16H18N5O2S. The standard InChI is InChI=1S/C16H18N5O2S/c1-10(2)7-13(15(22)18-6-5-17)21-16(23)20-11-3-4-12-14(8-11)24-9-19-12/h3-4,8-10,13H,6-7H2,1-2H3,(H,18,22)(H,20,23). The molecule has 24 heavy (non-hydrogen) atoms. The first-order chi connectivity index (χ1) is 11.5. The molecule has 1 aromatic heterocycles. The van der Waals surface area contributed by atoms with E-state index in [1.807, 2.05) is 32.0 Å². The third-order valence-corrected chi connectivity index (χ3v) is 3.99. The van der Waals surface area contributed by atoms with E-state index in [2.05, 4.69) is 20.9 Å². The number of aromatic nitrogens is 1. The summed E-state index contributed by atoms with van der Waals surface area (Å²) in [4.78, 5) is 28.3. The van der Waals surface area contributed by atoms with Crippen LogP contribution in [-0.4, -0.2) is 29.5 Å². The van der Waals surface area contributed by atoms with Crippen LogP contribution in [0.15, 0.2) is 23.7 Å². The second-order valence-corrected chi connectivity index (χ2v) is 6.50. The topological polar surface area (TPSA) is 109 Å². The summed E-state index contributed by atoms with van der Waals surface area (Å²) in [6.07, 6.45) is 0.429. The highest BCUT2D eigenvalue weighted by molar-refractivity contribution is 7.16. The van der Waals surface area contributed by atoms with Crippen LogP contribution in [0.5, 0.6) is 0 Å². The number of benzene rings is 1. The molecule has 0 fully saturated rings. The lowest BCUT2D eigenvalue weighted by molar-refractivity contribution is -0.123. The molecule has 0 aliphatic rings. The van der Waals surface area contributed by atoms with E-state index in [4.69, 9.17) is 5.26 Å². The lowest BCUT2D eigenvalue weighted by atomic mass is 10.0. The van der Waals surface area contributed by atoms with Crippen molar-refractivity contribution in [2.24, 2.45) is 5.92 Å². The Balaban J connectivity index is 2.00. The molecule has 0 spiro atoms.